The standard InChI is InChI=1S/C23H26N8/c1-14-12-31-21(7-5-18(23(31)26-14)20-11-24-13-25-20)19-6-8-22(29-28-19)30(2)17-9-15-3-4-16(10-17)27-15/h5-8,11-13,15-17,27H,3-4,9-10H2,1-2H3,(H,24,25)/t15-,16+,17?. The van der Waals surface area contributed by atoms with Crippen LogP contribution in [0, 0.1) is 6.92 Å². The summed E-state index contributed by atoms with van der Waals surface area (Å²) in [7, 11) is 2.15. The van der Waals surface area contributed by atoms with Crippen molar-refractivity contribution in [2.75, 3.05) is 11.9 Å². The molecule has 6 rings (SSSR count). The fourth-order valence-corrected chi connectivity index (χ4v) is 5.19. The van der Waals surface area contributed by atoms with E-state index in [-0.39, 0.29) is 0 Å². The number of aromatic amines is 1. The highest BCUT2D eigenvalue weighted by molar-refractivity contribution is 5.78. The highest BCUT2D eigenvalue weighted by Gasteiger charge is 2.35. The molecule has 2 aliphatic heterocycles. The Labute approximate surface area is 180 Å². The minimum atomic E-state index is 0.524. The molecule has 158 valence electrons. The summed E-state index contributed by atoms with van der Waals surface area (Å²) in [6.07, 6.45) is 10.5. The normalized spacial score (nSPS) is 22.8. The summed E-state index contributed by atoms with van der Waals surface area (Å²) in [6.45, 7) is 2.00. The minimum Gasteiger partial charge on any atom is -0.355 e. The van der Waals surface area contributed by atoms with E-state index in [1.165, 1.54) is 25.7 Å². The van der Waals surface area contributed by atoms with E-state index in [1.54, 1.807) is 6.33 Å². The molecule has 0 amide bonds. The first-order valence-corrected chi connectivity index (χ1v) is 11.0. The largest absolute Gasteiger partial charge is 0.355 e. The molecule has 2 fully saturated rings. The van der Waals surface area contributed by atoms with Crippen LogP contribution in [0.1, 0.15) is 31.4 Å². The molecule has 2 saturated heterocycles. The molecule has 0 aromatic carbocycles. The lowest BCUT2D eigenvalue weighted by Gasteiger charge is -2.36. The van der Waals surface area contributed by atoms with Crippen molar-refractivity contribution in [1.82, 2.24) is 34.9 Å². The molecule has 8 heteroatoms. The number of nitrogens with one attached hydrogen (secondary N) is 2. The summed E-state index contributed by atoms with van der Waals surface area (Å²) in [5, 5.41) is 12.9. The van der Waals surface area contributed by atoms with Gasteiger partial charge in [0.15, 0.2) is 5.82 Å². The number of aromatic nitrogens is 6. The molecule has 2 bridgehead atoms. The summed E-state index contributed by atoms with van der Waals surface area (Å²) in [5.74, 6) is 0.933. The zero-order chi connectivity index (χ0) is 20.9. The van der Waals surface area contributed by atoms with Crippen LogP contribution < -0.4 is 10.2 Å². The predicted molar refractivity (Wildman–Crippen MR) is 120 cm³/mol. The number of hydrogen-bond donors (Lipinski definition) is 2. The zero-order valence-electron chi connectivity index (χ0n) is 17.8. The quantitative estimate of drug-likeness (QED) is 0.533. The van der Waals surface area contributed by atoms with Crippen LogP contribution in [0.3, 0.4) is 0 Å². The van der Waals surface area contributed by atoms with Gasteiger partial charge in [-0.2, -0.15) is 0 Å². The second-order valence-corrected chi connectivity index (χ2v) is 8.82. The summed E-state index contributed by atoms with van der Waals surface area (Å²) in [4.78, 5) is 14.4. The number of anilines is 1. The molecular formula is C23H26N8. The number of H-pyrrole nitrogens is 1. The number of hydrogen-bond acceptors (Lipinski definition) is 6. The molecule has 0 saturated carbocycles. The molecule has 2 N–H and O–H groups in total. The molecule has 2 aliphatic rings. The second kappa shape index (κ2) is 7.16. The first kappa shape index (κ1) is 18.5. The summed E-state index contributed by atoms with van der Waals surface area (Å²) in [5.41, 5.74) is 5.60. The van der Waals surface area contributed by atoms with Crippen LogP contribution in [0.5, 0.6) is 0 Å². The van der Waals surface area contributed by atoms with Crippen LogP contribution in [-0.4, -0.2) is 54.7 Å². The van der Waals surface area contributed by atoms with Crippen molar-refractivity contribution in [2.24, 2.45) is 0 Å². The van der Waals surface area contributed by atoms with Crippen LogP contribution in [0.2, 0.25) is 0 Å². The van der Waals surface area contributed by atoms with Crippen molar-refractivity contribution >= 4 is 11.5 Å². The van der Waals surface area contributed by atoms with Gasteiger partial charge in [-0.05, 0) is 56.9 Å². The van der Waals surface area contributed by atoms with Gasteiger partial charge in [-0.15, -0.1) is 10.2 Å². The molecule has 0 radical (unpaired) electrons. The maximum absolute atomic E-state index is 4.74. The fraction of sp³-hybridized carbons (Fsp3) is 0.391. The average Bonchev–Trinajstić information content (AvgIpc) is 3.52. The number of aryl methyl sites for hydroxylation is 1. The number of rotatable bonds is 4. The topological polar surface area (TPSA) is 87.0 Å². The lowest BCUT2D eigenvalue weighted by atomic mass is 9.98. The van der Waals surface area contributed by atoms with Crippen molar-refractivity contribution in [3.05, 3.63) is 48.7 Å². The predicted octanol–water partition coefficient (Wildman–Crippen LogP) is 3.21. The number of imidazole rings is 2. The smallest absolute Gasteiger partial charge is 0.151 e. The van der Waals surface area contributed by atoms with Crippen molar-refractivity contribution < 1.29 is 0 Å². The van der Waals surface area contributed by atoms with Crippen molar-refractivity contribution in [2.45, 2.75) is 50.7 Å². The Kier molecular flexibility index (Phi) is 4.27. The van der Waals surface area contributed by atoms with E-state index < -0.39 is 0 Å². The molecule has 3 atom stereocenters. The highest BCUT2D eigenvalue weighted by atomic mass is 15.3. The van der Waals surface area contributed by atoms with Gasteiger partial charge in [-0.1, -0.05) is 0 Å². The average molecular weight is 415 g/mol. The molecule has 31 heavy (non-hydrogen) atoms. The molecule has 8 nitrogen and oxygen atoms in total. The summed E-state index contributed by atoms with van der Waals surface area (Å²) >= 11 is 0. The lowest BCUT2D eigenvalue weighted by molar-refractivity contribution is 0.353. The van der Waals surface area contributed by atoms with Crippen LogP contribution in [0.15, 0.2) is 43.0 Å². The molecule has 6 heterocycles. The molecule has 4 aromatic heterocycles. The van der Waals surface area contributed by atoms with Crippen LogP contribution in [0.4, 0.5) is 5.82 Å². The van der Waals surface area contributed by atoms with Crippen LogP contribution in [0.25, 0.3) is 28.3 Å². The van der Waals surface area contributed by atoms with Gasteiger partial charge in [0.1, 0.15) is 11.3 Å². The SMILES string of the molecule is Cc1cn2c(-c3ccc(N(C)C4C[C@H]5CC[C@@H](C4)N5)nn3)ccc(-c3cnc[nH]3)c2n1. The Morgan fingerprint density at radius 1 is 1.06 bits per heavy atom. The number of fused-ring (bicyclic) bond motifs is 3. The van der Waals surface area contributed by atoms with E-state index in [1.807, 2.05) is 19.3 Å². The molecule has 4 aromatic rings. The Morgan fingerprint density at radius 2 is 1.90 bits per heavy atom. The van der Waals surface area contributed by atoms with Gasteiger partial charge >= 0.3 is 0 Å². The van der Waals surface area contributed by atoms with Crippen molar-refractivity contribution in [3.8, 4) is 22.6 Å². The third-order valence-corrected chi connectivity index (χ3v) is 6.79. The summed E-state index contributed by atoms with van der Waals surface area (Å²) in [6, 6.07) is 10.1. The lowest BCUT2D eigenvalue weighted by Crippen LogP contribution is -2.47. The molecule has 1 unspecified atom stereocenters. The van der Waals surface area contributed by atoms with Crippen LogP contribution in [-0.2, 0) is 0 Å². The Bertz CT molecular complexity index is 1200. The van der Waals surface area contributed by atoms with Gasteiger partial charge < -0.3 is 15.2 Å². The number of piperidine rings is 1. The van der Waals surface area contributed by atoms with Gasteiger partial charge in [0.05, 0.1) is 29.6 Å². The van der Waals surface area contributed by atoms with Gasteiger partial charge in [0.2, 0.25) is 0 Å². The maximum atomic E-state index is 4.74. The van der Waals surface area contributed by atoms with E-state index in [2.05, 4.69) is 66.1 Å². The Hall–Kier alpha value is -3.26. The Morgan fingerprint density at radius 3 is 2.61 bits per heavy atom. The van der Waals surface area contributed by atoms with E-state index >= 15 is 0 Å². The van der Waals surface area contributed by atoms with Gasteiger partial charge in [-0.3, -0.25) is 4.40 Å². The molecular weight excluding hydrogens is 388 g/mol. The van der Waals surface area contributed by atoms with Crippen molar-refractivity contribution in [3.63, 3.8) is 0 Å². The van der Waals surface area contributed by atoms with E-state index in [0.29, 0.717) is 18.1 Å². The highest BCUT2D eigenvalue weighted by Crippen LogP contribution is 2.32. The maximum Gasteiger partial charge on any atom is 0.151 e. The van der Waals surface area contributed by atoms with Gasteiger partial charge in [0, 0.05) is 36.9 Å². The monoisotopic (exact) mass is 414 g/mol. The second-order valence-electron chi connectivity index (χ2n) is 8.82. The first-order chi connectivity index (χ1) is 15.2. The van der Waals surface area contributed by atoms with Crippen molar-refractivity contribution in [1.29, 1.82) is 0 Å². The van der Waals surface area contributed by atoms with Gasteiger partial charge in [-0.25, -0.2) is 9.97 Å². The number of pyridine rings is 1. The third-order valence-electron chi connectivity index (χ3n) is 6.79. The zero-order valence-corrected chi connectivity index (χ0v) is 17.8. The van der Waals surface area contributed by atoms with E-state index in [9.17, 15) is 0 Å². The summed E-state index contributed by atoms with van der Waals surface area (Å²) < 4.78 is 2.09. The van der Waals surface area contributed by atoms with Crippen LogP contribution >= 0.6 is 0 Å². The Balaban J connectivity index is 1.32. The van der Waals surface area contributed by atoms with Gasteiger partial charge in [0.25, 0.3) is 0 Å². The third kappa shape index (κ3) is 3.18. The number of nitrogens with zero attached hydrogens (tertiary/aromatic N) is 6. The first-order valence-electron chi connectivity index (χ1n) is 11.0. The van der Waals surface area contributed by atoms with E-state index in [4.69, 9.17) is 4.98 Å². The fourth-order valence-electron chi connectivity index (χ4n) is 5.19. The minimum absolute atomic E-state index is 0.524. The molecule has 0 spiro atoms. The van der Waals surface area contributed by atoms with E-state index in [0.717, 1.165) is 39.8 Å². The molecule has 0 aliphatic carbocycles.